The number of carbonyl (C=O) groups is 1. The smallest absolute Gasteiger partial charge is 0.346 e. The van der Waals surface area contributed by atoms with Gasteiger partial charge < -0.3 is 10.8 Å². The van der Waals surface area contributed by atoms with Crippen molar-refractivity contribution >= 4 is 17.2 Å². The van der Waals surface area contributed by atoms with Gasteiger partial charge >= 0.3 is 5.97 Å². The lowest BCUT2D eigenvalue weighted by Crippen LogP contribution is -2.07. The summed E-state index contributed by atoms with van der Waals surface area (Å²) in [5, 5.41) is 18.5. The average Bonchev–Trinajstić information content (AvgIpc) is 2.51. The van der Waals surface area contributed by atoms with E-state index in [4.69, 9.17) is 5.73 Å². The molecule has 118 valence electrons. The van der Waals surface area contributed by atoms with Crippen molar-refractivity contribution in [2.45, 2.75) is 46.0 Å². The van der Waals surface area contributed by atoms with E-state index in [1.165, 1.54) is 0 Å². The second kappa shape index (κ2) is 8.89. The lowest BCUT2D eigenvalue weighted by Gasteiger charge is -2.18. The van der Waals surface area contributed by atoms with E-state index >= 15 is 0 Å². The first kappa shape index (κ1) is 17.8. The largest absolute Gasteiger partial charge is 0.477 e. The summed E-state index contributed by atoms with van der Waals surface area (Å²) in [6, 6.07) is 8.90. The number of hydrogen-bond acceptors (Lipinski definition) is 3. The van der Waals surface area contributed by atoms with Crippen LogP contribution in [0.2, 0.25) is 0 Å². The fourth-order valence-electron chi connectivity index (χ4n) is 2.52. The zero-order valence-electron chi connectivity index (χ0n) is 13.3. The van der Waals surface area contributed by atoms with Gasteiger partial charge in [-0.1, -0.05) is 51.7 Å². The highest BCUT2D eigenvalue weighted by molar-refractivity contribution is 6.00. The molecule has 22 heavy (non-hydrogen) atoms. The van der Waals surface area contributed by atoms with Crippen LogP contribution in [0.3, 0.4) is 0 Å². The van der Waals surface area contributed by atoms with E-state index in [1.807, 2.05) is 6.07 Å². The van der Waals surface area contributed by atoms with Crippen LogP contribution in [0.4, 0.5) is 5.69 Å². The number of nitrogens with zero attached hydrogens (tertiary/aromatic N) is 1. The van der Waals surface area contributed by atoms with Crippen molar-refractivity contribution in [3.8, 4) is 6.07 Å². The molecule has 0 bridgehead atoms. The van der Waals surface area contributed by atoms with Gasteiger partial charge in [0.25, 0.3) is 0 Å². The normalized spacial score (nSPS) is 13.1. The average molecular weight is 300 g/mol. The molecule has 4 nitrogen and oxygen atoms in total. The summed E-state index contributed by atoms with van der Waals surface area (Å²) in [7, 11) is 0. The zero-order valence-corrected chi connectivity index (χ0v) is 13.3. The molecule has 0 aliphatic heterocycles. The van der Waals surface area contributed by atoms with Crippen LogP contribution >= 0.6 is 0 Å². The van der Waals surface area contributed by atoms with E-state index < -0.39 is 5.97 Å². The van der Waals surface area contributed by atoms with Gasteiger partial charge in [0.05, 0.1) is 0 Å². The number of unbranched alkanes of at least 4 members (excludes halogenated alkanes) is 1. The van der Waals surface area contributed by atoms with Crippen LogP contribution in [0.1, 0.15) is 51.5 Å². The Kier molecular flexibility index (Phi) is 7.18. The molecule has 1 unspecified atom stereocenters. The predicted octanol–water partition coefficient (Wildman–Crippen LogP) is 4.24. The Morgan fingerprint density at radius 1 is 1.32 bits per heavy atom. The van der Waals surface area contributed by atoms with Gasteiger partial charge in [0.2, 0.25) is 0 Å². The number of rotatable bonds is 8. The Morgan fingerprint density at radius 3 is 2.41 bits per heavy atom. The second-order valence-electron chi connectivity index (χ2n) is 5.51. The molecule has 0 amide bonds. The van der Waals surface area contributed by atoms with Crippen molar-refractivity contribution in [1.82, 2.24) is 0 Å². The van der Waals surface area contributed by atoms with Crippen LogP contribution in [0.5, 0.6) is 0 Å². The highest BCUT2D eigenvalue weighted by Crippen LogP contribution is 2.30. The summed E-state index contributed by atoms with van der Waals surface area (Å²) in [5.74, 6) is -0.783. The number of allylic oxidation sites excluding steroid dienone is 1. The molecule has 1 rings (SSSR count). The van der Waals surface area contributed by atoms with Crippen molar-refractivity contribution in [3.63, 3.8) is 0 Å². The van der Waals surface area contributed by atoms with Crippen molar-refractivity contribution < 1.29 is 9.90 Å². The number of nitrogens with two attached hydrogens (primary N) is 1. The Labute approximate surface area is 132 Å². The van der Waals surface area contributed by atoms with Gasteiger partial charge in [-0.05, 0) is 35.6 Å². The maximum atomic E-state index is 11.4. The maximum absolute atomic E-state index is 11.4. The van der Waals surface area contributed by atoms with Gasteiger partial charge in [-0.3, -0.25) is 0 Å². The molecule has 3 N–H and O–H groups in total. The third kappa shape index (κ3) is 4.92. The Balaban J connectivity index is 3.20. The SMILES string of the molecule is CCCCC(CC)CC(=C(C#N)C(=O)O)c1ccc(N)cc1. The van der Waals surface area contributed by atoms with Gasteiger partial charge in [0.15, 0.2) is 0 Å². The molecule has 0 heterocycles. The van der Waals surface area contributed by atoms with E-state index in [1.54, 1.807) is 24.3 Å². The first-order valence-corrected chi connectivity index (χ1v) is 7.75. The molecule has 0 spiro atoms. The lowest BCUT2D eigenvalue weighted by molar-refractivity contribution is -0.132. The van der Waals surface area contributed by atoms with Gasteiger partial charge in [-0.15, -0.1) is 0 Å². The first-order valence-electron chi connectivity index (χ1n) is 7.75. The van der Waals surface area contributed by atoms with E-state index in [-0.39, 0.29) is 5.57 Å². The third-order valence-electron chi connectivity index (χ3n) is 3.92. The molecular weight excluding hydrogens is 276 g/mol. The standard InChI is InChI=1S/C18H24N2O2/c1-3-5-6-13(4-2)11-16(17(12-19)18(21)22)14-7-9-15(20)10-8-14/h7-10,13H,3-6,11,20H2,1-2H3,(H,21,22). The van der Waals surface area contributed by atoms with Crippen molar-refractivity contribution in [2.75, 3.05) is 5.73 Å². The summed E-state index contributed by atoms with van der Waals surface area (Å²) in [6.45, 7) is 4.25. The number of nitrogen functional groups attached to an aromatic ring is 1. The zero-order chi connectivity index (χ0) is 16.5. The van der Waals surface area contributed by atoms with Crippen LogP contribution in [0, 0.1) is 17.2 Å². The Bertz CT molecular complexity index is 568. The van der Waals surface area contributed by atoms with Crippen molar-refractivity contribution in [1.29, 1.82) is 5.26 Å². The number of benzene rings is 1. The minimum atomic E-state index is -1.17. The third-order valence-corrected chi connectivity index (χ3v) is 3.92. The van der Waals surface area contributed by atoms with Gasteiger partial charge in [0.1, 0.15) is 11.6 Å². The molecule has 1 aromatic rings. The van der Waals surface area contributed by atoms with Crippen molar-refractivity contribution in [3.05, 3.63) is 35.4 Å². The predicted molar refractivity (Wildman–Crippen MR) is 88.9 cm³/mol. The molecule has 0 saturated heterocycles. The monoisotopic (exact) mass is 300 g/mol. The summed E-state index contributed by atoms with van der Waals surface area (Å²) in [5.41, 5.74) is 7.52. The molecule has 0 aliphatic carbocycles. The molecule has 4 heteroatoms. The summed E-state index contributed by atoms with van der Waals surface area (Å²) >= 11 is 0. The van der Waals surface area contributed by atoms with E-state index in [0.717, 1.165) is 31.2 Å². The van der Waals surface area contributed by atoms with Gasteiger partial charge in [0, 0.05) is 5.69 Å². The van der Waals surface area contributed by atoms with Crippen LogP contribution in [0.15, 0.2) is 29.8 Å². The fourth-order valence-corrected chi connectivity index (χ4v) is 2.52. The highest BCUT2D eigenvalue weighted by atomic mass is 16.4. The van der Waals surface area contributed by atoms with Crippen LogP contribution < -0.4 is 5.73 Å². The molecule has 0 aromatic heterocycles. The van der Waals surface area contributed by atoms with Crippen molar-refractivity contribution in [2.24, 2.45) is 5.92 Å². The van der Waals surface area contributed by atoms with E-state index in [0.29, 0.717) is 23.6 Å². The Morgan fingerprint density at radius 2 is 1.95 bits per heavy atom. The molecule has 0 fully saturated rings. The minimum Gasteiger partial charge on any atom is -0.477 e. The lowest BCUT2D eigenvalue weighted by atomic mass is 9.86. The summed E-state index contributed by atoms with van der Waals surface area (Å²) in [4.78, 5) is 11.4. The quantitative estimate of drug-likeness (QED) is 0.427. The molecule has 0 saturated carbocycles. The number of anilines is 1. The number of hydrogen-bond donors (Lipinski definition) is 2. The van der Waals surface area contributed by atoms with Crippen LogP contribution in [-0.4, -0.2) is 11.1 Å². The number of nitriles is 1. The molecule has 0 aliphatic rings. The molecule has 1 atom stereocenters. The van der Waals surface area contributed by atoms with Crippen LogP contribution in [0.25, 0.3) is 5.57 Å². The maximum Gasteiger partial charge on any atom is 0.346 e. The van der Waals surface area contributed by atoms with Gasteiger partial charge in [-0.25, -0.2) is 4.79 Å². The molecule has 1 aromatic carbocycles. The molecular formula is C18H24N2O2. The second-order valence-corrected chi connectivity index (χ2v) is 5.51. The van der Waals surface area contributed by atoms with Gasteiger partial charge in [-0.2, -0.15) is 5.26 Å². The topological polar surface area (TPSA) is 87.1 Å². The first-order chi connectivity index (χ1) is 10.5. The van der Waals surface area contributed by atoms with E-state index in [2.05, 4.69) is 13.8 Å². The number of aliphatic carboxylic acids is 1. The highest BCUT2D eigenvalue weighted by Gasteiger charge is 2.19. The summed E-state index contributed by atoms with van der Waals surface area (Å²) < 4.78 is 0. The van der Waals surface area contributed by atoms with E-state index in [9.17, 15) is 15.2 Å². The fraction of sp³-hybridized carbons (Fsp3) is 0.444. The molecule has 0 radical (unpaired) electrons. The number of carboxylic acid groups (broad SMARTS) is 1. The number of carboxylic acids is 1. The Hall–Kier alpha value is -2.28. The summed E-state index contributed by atoms with van der Waals surface area (Å²) in [6.07, 6.45) is 4.85. The van der Waals surface area contributed by atoms with Crippen LogP contribution in [-0.2, 0) is 4.79 Å². The minimum absolute atomic E-state index is 0.167.